The van der Waals surface area contributed by atoms with E-state index in [4.69, 9.17) is 10.8 Å². The summed E-state index contributed by atoms with van der Waals surface area (Å²) in [6.45, 7) is 0.677. The number of carboxylic acids is 1. The van der Waals surface area contributed by atoms with Crippen LogP contribution >= 0.6 is 0 Å². The molecule has 6 nitrogen and oxygen atoms in total. The predicted octanol–water partition coefficient (Wildman–Crippen LogP) is 0.124. The Labute approximate surface area is 109 Å². The number of nitrogens with two attached hydrogens (primary N) is 1. The normalized spacial score (nSPS) is 14.3. The van der Waals surface area contributed by atoms with Gasteiger partial charge < -0.3 is 27.5 Å². The molecule has 108 valence electrons. The average molecular weight is 262 g/mol. The number of esters is 1. The Kier molecular flexibility index (Phi) is 8.59. The molecule has 0 saturated carbocycles. The van der Waals surface area contributed by atoms with Gasteiger partial charge in [0.15, 0.2) is 0 Å². The molecule has 0 amide bonds. The number of nitrogens with zero attached hydrogens (tertiary/aromatic N) is 1. The lowest BCUT2D eigenvalue weighted by Gasteiger charge is -2.29. The molecular weight excluding hydrogens is 236 g/mol. The third kappa shape index (κ3) is 8.95. The van der Waals surface area contributed by atoms with Crippen molar-refractivity contribution in [3.05, 3.63) is 7.43 Å². The maximum Gasteiger partial charge on any atom is 0.320 e. The minimum Gasteiger partial charge on any atom is -0.480 e. The van der Waals surface area contributed by atoms with Gasteiger partial charge in [0.05, 0.1) is 41.2 Å². The van der Waals surface area contributed by atoms with Gasteiger partial charge in [-0.25, -0.2) is 0 Å². The van der Waals surface area contributed by atoms with E-state index in [-0.39, 0.29) is 32.2 Å². The zero-order valence-corrected chi connectivity index (χ0v) is 12.0. The van der Waals surface area contributed by atoms with Crippen molar-refractivity contribution in [2.24, 2.45) is 11.7 Å². The highest BCUT2D eigenvalue weighted by Gasteiger charge is 2.26. The molecule has 0 rings (SSSR count). The van der Waals surface area contributed by atoms with Crippen LogP contribution < -0.4 is 5.73 Å². The van der Waals surface area contributed by atoms with Gasteiger partial charge in [0.2, 0.25) is 0 Å². The van der Waals surface area contributed by atoms with Crippen LogP contribution in [-0.4, -0.2) is 62.4 Å². The third-order valence-electron chi connectivity index (χ3n) is 2.39. The van der Waals surface area contributed by atoms with Crippen molar-refractivity contribution in [3.8, 4) is 0 Å². The first-order valence-electron chi connectivity index (χ1n) is 5.51. The van der Waals surface area contributed by atoms with Crippen LogP contribution in [0.25, 0.3) is 0 Å². The number of hydrogen-bond acceptors (Lipinski definition) is 4. The van der Waals surface area contributed by atoms with Crippen LogP contribution in [0.5, 0.6) is 0 Å². The summed E-state index contributed by atoms with van der Waals surface area (Å²) in [5, 5.41) is 8.77. The van der Waals surface area contributed by atoms with Gasteiger partial charge in [-0.1, -0.05) is 0 Å². The lowest BCUT2D eigenvalue weighted by Crippen LogP contribution is -2.43. The second-order valence-electron chi connectivity index (χ2n) is 5.30. The van der Waals surface area contributed by atoms with E-state index in [1.165, 1.54) is 7.11 Å². The molecule has 0 spiro atoms. The van der Waals surface area contributed by atoms with Crippen LogP contribution in [0.4, 0.5) is 0 Å². The predicted molar refractivity (Wildman–Crippen MR) is 69.7 cm³/mol. The molecule has 2 unspecified atom stereocenters. The molecule has 0 aliphatic carbocycles. The molecular formula is C12H26N2O4. The molecule has 0 aliphatic rings. The second kappa shape index (κ2) is 8.05. The van der Waals surface area contributed by atoms with E-state index in [2.05, 4.69) is 4.74 Å². The summed E-state index contributed by atoms with van der Waals surface area (Å²) >= 11 is 0. The number of methoxy groups -OCH3 is 1. The number of rotatable bonds is 7. The SMILES string of the molecule is COC(=O)CC(CC(N)C(=O)O)C[N+](C)(C)C.[CH3-]. The number of carbonyl (C=O) groups excluding carboxylic acids is 1. The minimum absolute atomic E-state index is 0. The number of ether oxygens (including phenoxy) is 1. The molecule has 3 N–H and O–H groups in total. The van der Waals surface area contributed by atoms with Gasteiger partial charge in [-0.15, -0.1) is 0 Å². The van der Waals surface area contributed by atoms with E-state index in [1.807, 2.05) is 21.1 Å². The van der Waals surface area contributed by atoms with Crippen molar-refractivity contribution in [3.63, 3.8) is 0 Å². The molecule has 0 aromatic heterocycles. The summed E-state index contributed by atoms with van der Waals surface area (Å²) in [7, 11) is 7.27. The molecule has 0 fully saturated rings. The summed E-state index contributed by atoms with van der Waals surface area (Å²) in [6, 6.07) is -0.934. The molecule has 0 saturated heterocycles. The number of hydrogen-bond donors (Lipinski definition) is 2. The fourth-order valence-electron chi connectivity index (χ4n) is 1.78. The van der Waals surface area contributed by atoms with Crippen molar-refractivity contribution in [2.75, 3.05) is 34.8 Å². The fourth-order valence-corrected chi connectivity index (χ4v) is 1.78. The van der Waals surface area contributed by atoms with Crippen LogP contribution in [0, 0.1) is 13.3 Å². The Bertz CT molecular complexity index is 274. The monoisotopic (exact) mass is 262 g/mol. The van der Waals surface area contributed by atoms with E-state index in [1.54, 1.807) is 0 Å². The number of quaternary nitrogens is 1. The maximum atomic E-state index is 11.2. The van der Waals surface area contributed by atoms with Gasteiger partial charge in [0.1, 0.15) is 6.04 Å². The lowest BCUT2D eigenvalue weighted by atomic mass is 9.96. The Morgan fingerprint density at radius 3 is 2.17 bits per heavy atom. The summed E-state index contributed by atoms with van der Waals surface area (Å²) < 4.78 is 5.25. The van der Waals surface area contributed by atoms with Gasteiger partial charge in [-0.05, 0) is 6.42 Å². The molecule has 0 aliphatic heterocycles. The first kappa shape index (κ1) is 19.2. The van der Waals surface area contributed by atoms with Crippen LogP contribution in [-0.2, 0) is 14.3 Å². The van der Waals surface area contributed by atoms with Crippen molar-refractivity contribution >= 4 is 11.9 Å². The zero-order chi connectivity index (χ0) is 13.6. The molecule has 0 bridgehead atoms. The van der Waals surface area contributed by atoms with Crippen LogP contribution in [0.15, 0.2) is 0 Å². The zero-order valence-electron chi connectivity index (χ0n) is 12.0. The first-order valence-corrected chi connectivity index (χ1v) is 5.51. The fraction of sp³-hybridized carbons (Fsp3) is 0.750. The molecule has 0 heterocycles. The maximum absolute atomic E-state index is 11.2. The summed E-state index contributed by atoms with van der Waals surface area (Å²) in [4.78, 5) is 22.0. The van der Waals surface area contributed by atoms with Crippen molar-refractivity contribution in [2.45, 2.75) is 18.9 Å². The third-order valence-corrected chi connectivity index (χ3v) is 2.39. The Hall–Kier alpha value is -1.14. The van der Waals surface area contributed by atoms with Gasteiger partial charge in [0.25, 0.3) is 0 Å². The largest absolute Gasteiger partial charge is 0.480 e. The Morgan fingerprint density at radius 2 is 1.83 bits per heavy atom. The Balaban J connectivity index is 0. The van der Waals surface area contributed by atoms with Crippen molar-refractivity contribution < 1.29 is 23.9 Å². The molecule has 0 aromatic carbocycles. The lowest BCUT2D eigenvalue weighted by molar-refractivity contribution is -0.873. The number of carboxylic acid groups (broad SMARTS) is 1. The van der Waals surface area contributed by atoms with Gasteiger partial charge in [-0.3, -0.25) is 9.59 Å². The number of carbonyl (C=O) groups is 2. The highest BCUT2D eigenvalue weighted by molar-refractivity contribution is 5.73. The van der Waals surface area contributed by atoms with E-state index < -0.39 is 12.0 Å². The highest BCUT2D eigenvalue weighted by Crippen LogP contribution is 2.15. The standard InChI is InChI=1S/C11H22N2O4.CH3/c1-13(2,3)7-8(6-10(14)17-4)5-9(12)11(15)16;/h8-9H,5-7,12H2,1-4H3;1H3/q;-1/p+1. The summed E-state index contributed by atoms with van der Waals surface area (Å²) in [6.07, 6.45) is 0.479. The van der Waals surface area contributed by atoms with E-state index >= 15 is 0 Å². The second-order valence-corrected chi connectivity index (χ2v) is 5.30. The molecule has 2 atom stereocenters. The molecule has 6 heteroatoms. The van der Waals surface area contributed by atoms with Crippen molar-refractivity contribution in [1.29, 1.82) is 0 Å². The number of aliphatic carboxylic acids is 1. The first-order chi connectivity index (χ1) is 7.65. The van der Waals surface area contributed by atoms with Crippen molar-refractivity contribution in [1.82, 2.24) is 0 Å². The van der Waals surface area contributed by atoms with Crippen LogP contribution in [0.3, 0.4) is 0 Å². The quantitative estimate of drug-likeness (QED) is 0.386. The Morgan fingerprint density at radius 1 is 1.33 bits per heavy atom. The smallest absolute Gasteiger partial charge is 0.320 e. The van der Waals surface area contributed by atoms with Gasteiger partial charge in [0, 0.05) is 5.92 Å². The average Bonchev–Trinajstić information content (AvgIpc) is 2.14. The van der Waals surface area contributed by atoms with E-state index in [9.17, 15) is 9.59 Å². The highest BCUT2D eigenvalue weighted by atomic mass is 16.5. The van der Waals surface area contributed by atoms with Crippen LogP contribution in [0.2, 0.25) is 0 Å². The molecule has 0 aromatic rings. The van der Waals surface area contributed by atoms with E-state index in [0.717, 1.165) is 0 Å². The van der Waals surface area contributed by atoms with Crippen LogP contribution in [0.1, 0.15) is 12.8 Å². The van der Waals surface area contributed by atoms with Gasteiger partial charge >= 0.3 is 11.9 Å². The summed E-state index contributed by atoms with van der Waals surface area (Å²) in [5.74, 6) is -1.46. The topological polar surface area (TPSA) is 89.6 Å². The van der Waals surface area contributed by atoms with Gasteiger partial charge in [-0.2, -0.15) is 0 Å². The summed E-state index contributed by atoms with van der Waals surface area (Å²) in [5.41, 5.74) is 5.49. The minimum atomic E-state index is -1.04. The molecule has 0 radical (unpaired) electrons. The molecule has 18 heavy (non-hydrogen) atoms. The van der Waals surface area contributed by atoms with E-state index in [0.29, 0.717) is 11.0 Å².